The first-order valence-corrected chi connectivity index (χ1v) is 5.85. The van der Waals surface area contributed by atoms with Crippen molar-refractivity contribution in [2.75, 3.05) is 20.2 Å². The van der Waals surface area contributed by atoms with E-state index in [-0.39, 0.29) is 25.6 Å². The summed E-state index contributed by atoms with van der Waals surface area (Å²) < 4.78 is 4.93. The maximum Gasteiger partial charge on any atom is 0.318 e. The smallest absolute Gasteiger partial charge is 0.318 e. The van der Waals surface area contributed by atoms with Gasteiger partial charge in [0, 0.05) is 19.7 Å². The number of nitrogens with two attached hydrogens (primary N) is 1. The van der Waals surface area contributed by atoms with Crippen molar-refractivity contribution in [1.82, 2.24) is 10.2 Å². The molecular formula is C11H21N3O5. The molecule has 4 N–H and O–H groups in total. The molecule has 0 fully saturated rings. The standard InChI is InChI=1S/C11H21N3O5/c1-7(2)14(6-9(12)15)11(18)13-5-8(19-3)4-10(16)17/h7-8H,4-6H2,1-3H3,(H2,12,15)(H,13,18)(H,16,17). The van der Waals surface area contributed by atoms with Gasteiger partial charge in [0.15, 0.2) is 0 Å². The summed E-state index contributed by atoms with van der Waals surface area (Å²) in [5.74, 6) is -1.63. The minimum absolute atomic E-state index is 0.0453. The van der Waals surface area contributed by atoms with E-state index in [4.69, 9.17) is 15.6 Å². The lowest BCUT2D eigenvalue weighted by Gasteiger charge is -2.26. The number of hydrogen-bond donors (Lipinski definition) is 3. The van der Waals surface area contributed by atoms with Gasteiger partial charge in [0.05, 0.1) is 12.5 Å². The molecule has 0 aromatic heterocycles. The van der Waals surface area contributed by atoms with Crippen LogP contribution in [0.4, 0.5) is 4.79 Å². The van der Waals surface area contributed by atoms with Crippen LogP contribution in [0, 0.1) is 0 Å². The number of aliphatic carboxylic acids is 1. The Morgan fingerprint density at radius 3 is 2.32 bits per heavy atom. The van der Waals surface area contributed by atoms with Crippen molar-refractivity contribution < 1.29 is 24.2 Å². The number of methoxy groups -OCH3 is 1. The third-order valence-corrected chi connectivity index (χ3v) is 2.43. The number of nitrogens with zero attached hydrogens (tertiary/aromatic N) is 1. The van der Waals surface area contributed by atoms with E-state index >= 15 is 0 Å². The topological polar surface area (TPSA) is 122 Å². The monoisotopic (exact) mass is 275 g/mol. The first-order valence-electron chi connectivity index (χ1n) is 5.85. The van der Waals surface area contributed by atoms with E-state index in [2.05, 4.69) is 5.32 Å². The van der Waals surface area contributed by atoms with E-state index in [1.165, 1.54) is 12.0 Å². The minimum atomic E-state index is -1.01. The molecule has 3 amide bonds. The van der Waals surface area contributed by atoms with E-state index in [1.54, 1.807) is 13.8 Å². The maximum absolute atomic E-state index is 11.8. The summed E-state index contributed by atoms with van der Waals surface area (Å²) in [5.41, 5.74) is 5.05. The van der Waals surface area contributed by atoms with Crippen LogP contribution in [0.2, 0.25) is 0 Å². The summed E-state index contributed by atoms with van der Waals surface area (Å²) in [4.78, 5) is 34.5. The Hall–Kier alpha value is -1.83. The lowest BCUT2D eigenvalue weighted by atomic mass is 10.2. The first-order chi connectivity index (χ1) is 8.77. The van der Waals surface area contributed by atoms with Crippen molar-refractivity contribution in [3.63, 3.8) is 0 Å². The minimum Gasteiger partial charge on any atom is -0.481 e. The Morgan fingerprint density at radius 2 is 1.95 bits per heavy atom. The summed E-state index contributed by atoms with van der Waals surface area (Å²) in [6.07, 6.45) is -0.835. The zero-order chi connectivity index (χ0) is 15.0. The van der Waals surface area contributed by atoms with Crippen molar-refractivity contribution in [3.8, 4) is 0 Å². The van der Waals surface area contributed by atoms with Gasteiger partial charge in [-0.3, -0.25) is 9.59 Å². The molecule has 1 atom stereocenters. The van der Waals surface area contributed by atoms with Crippen molar-refractivity contribution in [1.29, 1.82) is 0 Å². The van der Waals surface area contributed by atoms with Gasteiger partial charge >= 0.3 is 12.0 Å². The van der Waals surface area contributed by atoms with Gasteiger partial charge in [0.2, 0.25) is 5.91 Å². The molecule has 8 heteroatoms. The number of carboxylic acid groups (broad SMARTS) is 1. The summed E-state index contributed by atoms with van der Waals surface area (Å²) >= 11 is 0. The van der Waals surface area contributed by atoms with Crippen LogP contribution in [-0.2, 0) is 14.3 Å². The molecular weight excluding hydrogens is 254 g/mol. The fourth-order valence-electron chi connectivity index (χ4n) is 1.39. The maximum atomic E-state index is 11.8. The zero-order valence-corrected chi connectivity index (χ0v) is 11.4. The number of rotatable bonds is 8. The Morgan fingerprint density at radius 1 is 1.37 bits per heavy atom. The highest BCUT2D eigenvalue weighted by Gasteiger charge is 2.20. The molecule has 0 rings (SSSR count). The Balaban J connectivity index is 4.39. The second-order valence-corrected chi connectivity index (χ2v) is 4.33. The van der Waals surface area contributed by atoms with E-state index < -0.39 is 24.0 Å². The average molecular weight is 275 g/mol. The summed E-state index contributed by atoms with van der Waals surface area (Å²) in [6, 6.07) is -0.686. The molecule has 0 saturated carbocycles. The van der Waals surface area contributed by atoms with Crippen molar-refractivity contribution >= 4 is 17.9 Å². The molecule has 8 nitrogen and oxygen atoms in total. The molecule has 0 heterocycles. The summed E-state index contributed by atoms with van der Waals surface area (Å²) in [6.45, 7) is 3.34. The predicted octanol–water partition coefficient (Wildman–Crippen LogP) is -0.619. The van der Waals surface area contributed by atoms with Crippen molar-refractivity contribution in [2.45, 2.75) is 32.4 Å². The van der Waals surface area contributed by atoms with Crippen LogP contribution in [0.5, 0.6) is 0 Å². The molecule has 0 spiro atoms. The number of carbonyl (C=O) groups excluding carboxylic acids is 2. The molecule has 0 radical (unpaired) electrons. The van der Waals surface area contributed by atoms with Crippen LogP contribution in [-0.4, -0.2) is 60.3 Å². The fraction of sp³-hybridized carbons (Fsp3) is 0.727. The van der Waals surface area contributed by atoms with Crippen molar-refractivity contribution in [2.24, 2.45) is 5.73 Å². The molecule has 1 unspecified atom stereocenters. The van der Waals surface area contributed by atoms with Gasteiger partial charge in [-0.05, 0) is 13.8 Å². The lowest BCUT2D eigenvalue weighted by Crippen LogP contribution is -2.49. The van der Waals surface area contributed by atoms with Gasteiger partial charge in [-0.1, -0.05) is 0 Å². The van der Waals surface area contributed by atoms with Gasteiger partial charge in [-0.2, -0.15) is 0 Å². The number of amides is 3. The van der Waals surface area contributed by atoms with Crippen LogP contribution in [0.3, 0.4) is 0 Å². The quantitative estimate of drug-likeness (QED) is 0.545. The van der Waals surface area contributed by atoms with Gasteiger partial charge in [0.25, 0.3) is 0 Å². The van der Waals surface area contributed by atoms with E-state index in [9.17, 15) is 14.4 Å². The average Bonchev–Trinajstić information content (AvgIpc) is 2.29. The number of carboxylic acids is 1. The molecule has 0 aliphatic heterocycles. The van der Waals surface area contributed by atoms with Crippen molar-refractivity contribution in [3.05, 3.63) is 0 Å². The van der Waals surface area contributed by atoms with Crippen LogP contribution < -0.4 is 11.1 Å². The number of hydrogen-bond acceptors (Lipinski definition) is 4. The Bertz CT molecular complexity index is 332. The highest BCUT2D eigenvalue weighted by molar-refractivity contribution is 5.83. The summed E-state index contributed by atoms with van der Waals surface area (Å²) in [5, 5.41) is 11.1. The molecule has 0 aliphatic carbocycles. The Kier molecular flexibility index (Phi) is 7.50. The highest BCUT2D eigenvalue weighted by atomic mass is 16.5. The van der Waals surface area contributed by atoms with Gasteiger partial charge in [-0.15, -0.1) is 0 Å². The van der Waals surface area contributed by atoms with Gasteiger partial charge < -0.3 is 25.8 Å². The van der Waals surface area contributed by atoms with Gasteiger partial charge in [-0.25, -0.2) is 4.79 Å². The van der Waals surface area contributed by atoms with Crippen LogP contribution in [0.1, 0.15) is 20.3 Å². The lowest BCUT2D eigenvalue weighted by molar-refractivity contribution is -0.139. The number of urea groups is 1. The zero-order valence-electron chi connectivity index (χ0n) is 11.4. The normalized spacial score (nSPS) is 12.0. The number of carbonyl (C=O) groups is 3. The van der Waals surface area contributed by atoms with E-state index in [1.807, 2.05) is 0 Å². The van der Waals surface area contributed by atoms with Crippen LogP contribution in [0.25, 0.3) is 0 Å². The largest absolute Gasteiger partial charge is 0.481 e. The second-order valence-electron chi connectivity index (χ2n) is 4.33. The second kappa shape index (κ2) is 8.30. The first kappa shape index (κ1) is 17.2. The molecule has 0 aliphatic rings. The molecule has 19 heavy (non-hydrogen) atoms. The molecule has 0 bridgehead atoms. The molecule has 110 valence electrons. The number of ether oxygens (including phenoxy) is 1. The Labute approximate surface area is 111 Å². The fourth-order valence-corrected chi connectivity index (χ4v) is 1.39. The molecule has 0 aromatic rings. The molecule has 0 aromatic carbocycles. The predicted molar refractivity (Wildman–Crippen MR) is 67.5 cm³/mol. The van der Waals surface area contributed by atoms with E-state index in [0.717, 1.165) is 0 Å². The van der Waals surface area contributed by atoms with Crippen LogP contribution in [0.15, 0.2) is 0 Å². The number of primary amides is 1. The summed E-state index contributed by atoms with van der Waals surface area (Å²) in [7, 11) is 1.36. The molecule has 0 saturated heterocycles. The number of nitrogens with one attached hydrogen (secondary N) is 1. The van der Waals surface area contributed by atoms with Crippen LogP contribution >= 0.6 is 0 Å². The third-order valence-electron chi connectivity index (χ3n) is 2.43. The van der Waals surface area contributed by atoms with Gasteiger partial charge in [0.1, 0.15) is 6.54 Å². The van der Waals surface area contributed by atoms with E-state index in [0.29, 0.717) is 0 Å². The SMILES string of the molecule is COC(CNC(=O)N(CC(N)=O)C(C)C)CC(=O)O. The highest BCUT2D eigenvalue weighted by Crippen LogP contribution is 2.00. The third kappa shape index (κ3) is 7.24.